The monoisotopic (exact) mass is 340 g/mol. The fourth-order valence-electron chi connectivity index (χ4n) is 3.55. The summed E-state index contributed by atoms with van der Waals surface area (Å²) in [5, 5.41) is 9.76. The quantitative estimate of drug-likeness (QED) is 0.459. The van der Waals surface area contributed by atoms with Gasteiger partial charge in [-0.3, -0.25) is 4.79 Å². The van der Waals surface area contributed by atoms with Crippen molar-refractivity contribution >= 4 is 11.5 Å². The maximum Gasteiger partial charge on any atom is 0.313 e. The highest BCUT2D eigenvalue weighted by molar-refractivity contribution is 5.83. The maximum atomic E-state index is 11.9. The third-order valence-electron chi connectivity index (χ3n) is 5.28. The van der Waals surface area contributed by atoms with Crippen molar-refractivity contribution in [2.75, 3.05) is 0 Å². The highest BCUT2D eigenvalue weighted by atomic mass is 16.4. The number of carbonyl (C=O) groups is 1. The fraction of sp³-hybridized carbons (Fsp3) is 0.522. The Bertz CT molecular complexity index is 585. The Kier molecular flexibility index (Phi) is 7.97. The third kappa shape index (κ3) is 5.88. The van der Waals surface area contributed by atoms with Gasteiger partial charge in [0, 0.05) is 0 Å². The van der Waals surface area contributed by atoms with Gasteiger partial charge in [-0.05, 0) is 24.0 Å². The molecule has 0 radical (unpaired) electrons. The molecule has 0 saturated heterocycles. The van der Waals surface area contributed by atoms with Gasteiger partial charge in [0.2, 0.25) is 0 Å². The molecule has 1 atom stereocenters. The molecule has 2 rings (SSSR count). The van der Waals surface area contributed by atoms with Crippen LogP contribution in [0.2, 0.25) is 0 Å². The lowest BCUT2D eigenvalue weighted by Crippen LogP contribution is -2.29. The van der Waals surface area contributed by atoms with Crippen LogP contribution in [0.1, 0.15) is 76.7 Å². The molecule has 0 fully saturated rings. The standard InChI is InChI=1S/C23H32O2/c1-2-3-4-5-6-7-8-12-17-23(22(24)25)18-15-21(16-19-23)20-13-10-9-11-14-20/h9-11,13-16,18H,2-8,12,17,19H2,1H3,(H,24,25). The van der Waals surface area contributed by atoms with Crippen molar-refractivity contribution in [2.24, 2.45) is 5.41 Å². The number of hydrogen-bond acceptors (Lipinski definition) is 1. The van der Waals surface area contributed by atoms with Gasteiger partial charge in [0.15, 0.2) is 0 Å². The van der Waals surface area contributed by atoms with Gasteiger partial charge in [0.1, 0.15) is 0 Å². The van der Waals surface area contributed by atoms with E-state index in [-0.39, 0.29) is 0 Å². The van der Waals surface area contributed by atoms with E-state index < -0.39 is 11.4 Å². The summed E-state index contributed by atoms with van der Waals surface area (Å²) in [5.74, 6) is -0.685. The first-order chi connectivity index (χ1) is 12.2. The van der Waals surface area contributed by atoms with E-state index in [1.165, 1.54) is 38.5 Å². The molecule has 1 aromatic rings. The van der Waals surface area contributed by atoms with Crippen molar-refractivity contribution in [2.45, 2.75) is 71.1 Å². The number of rotatable bonds is 11. The Hall–Kier alpha value is -1.83. The molecule has 1 aliphatic carbocycles. The van der Waals surface area contributed by atoms with E-state index in [2.05, 4.69) is 25.1 Å². The lowest BCUT2D eigenvalue weighted by Gasteiger charge is -2.28. The van der Waals surface area contributed by atoms with Crippen molar-refractivity contribution in [3.63, 3.8) is 0 Å². The Morgan fingerprint density at radius 2 is 1.64 bits per heavy atom. The molecule has 0 amide bonds. The number of unbranched alkanes of at least 4 members (excludes halogenated alkanes) is 7. The van der Waals surface area contributed by atoms with Gasteiger partial charge in [-0.15, -0.1) is 0 Å². The molecule has 0 aliphatic heterocycles. The van der Waals surface area contributed by atoms with Crippen LogP contribution >= 0.6 is 0 Å². The van der Waals surface area contributed by atoms with Crippen LogP contribution in [0.15, 0.2) is 48.6 Å². The van der Waals surface area contributed by atoms with E-state index >= 15 is 0 Å². The van der Waals surface area contributed by atoms with Crippen LogP contribution in [-0.2, 0) is 4.79 Å². The zero-order valence-corrected chi connectivity index (χ0v) is 15.5. The second kappa shape index (κ2) is 10.2. The SMILES string of the molecule is CCCCCCCCCCC1(C(=O)O)C=CC(c2ccccc2)=CC1. The number of carboxylic acids is 1. The van der Waals surface area contributed by atoms with E-state index in [4.69, 9.17) is 0 Å². The number of allylic oxidation sites excluding steroid dienone is 3. The first-order valence-corrected chi connectivity index (χ1v) is 9.86. The van der Waals surface area contributed by atoms with Crippen molar-refractivity contribution < 1.29 is 9.90 Å². The molecule has 25 heavy (non-hydrogen) atoms. The van der Waals surface area contributed by atoms with Crippen molar-refractivity contribution in [3.05, 3.63) is 54.1 Å². The van der Waals surface area contributed by atoms with Gasteiger partial charge in [-0.25, -0.2) is 0 Å². The summed E-state index contributed by atoms with van der Waals surface area (Å²) in [6.45, 7) is 2.24. The van der Waals surface area contributed by atoms with Crippen LogP contribution in [0, 0.1) is 5.41 Å². The Balaban J connectivity index is 1.80. The minimum atomic E-state index is -0.708. The van der Waals surface area contributed by atoms with Gasteiger partial charge in [0.05, 0.1) is 5.41 Å². The molecule has 0 heterocycles. The highest BCUT2D eigenvalue weighted by Gasteiger charge is 2.35. The molecule has 0 bridgehead atoms. The number of benzene rings is 1. The maximum absolute atomic E-state index is 11.9. The normalized spacial score (nSPS) is 19.6. The van der Waals surface area contributed by atoms with E-state index in [0.29, 0.717) is 6.42 Å². The highest BCUT2D eigenvalue weighted by Crippen LogP contribution is 2.38. The van der Waals surface area contributed by atoms with Crippen LogP contribution in [-0.4, -0.2) is 11.1 Å². The summed E-state index contributed by atoms with van der Waals surface area (Å²) >= 11 is 0. The molecule has 1 aliphatic rings. The smallest absolute Gasteiger partial charge is 0.313 e. The molecule has 1 aromatic carbocycles. The minimum absolute atomic E-state index is 0.597. The van der Waals surface area contributed by atoms with Crippen molar-refractivity contribution in [1.29, 1.82) is 0 Å². The average Bonchev–Trinajstić information content (AvgIpc) is 2.65. The third-order valence-corrected chi connectivity index (χ3v) is 5.28. The van der Waals surface area contributed by atoms with Gasteiger partial charge < -0.3 is 5.11 Å². The summed E-state index contributed by atoms with van der Waals surface area (Å²) in [7, 11) is 0. The van der Waals surface area contributed by atoms with Crippen LogP contribution in [0.4, 0.5) is 0 Å². The summed E-state index contributed by atoms with van der Waals surface area (Å²) in [4.78, 5) is 11.9. The first kappa shape index (κ1) is 19.5. The summed E-state index contributed by atoms with van der Waals surface area (Å²) < 4.78 is 0. The summed E-state index contributed by atoms with van der Waals surface area (Å²) in [5.41, 5.74) is 1.58. The summed E-state index contributed by atoms with van der Waals surface area (Å²) in [6, 6.07) is 10.2. The molecule has 136 valence electrons. The van der Waals surface area contributed by atoms with Gasteiger partial charge in [-0.2, -0.15) is 0 Å². The van der Waals surface area contributed by atoms with Crippen molar-refractivity contribution in [3.8, 4) is 0 Å². The molecule has 2 nitrogen and oxygen atoms in total. The Morgan fingerprint density at radius 3 is 2.20 bits per heavy atom. The number of hydrogen-bond donors (Lipinski definition) is 1. The van der Waals surface area contributed by atoms with E-state index in [9.17, 15) is 9.90 Å². The lowest BCUT2D eigenvalue weighted by atomic mass is 9.75. The fourth-order valence-corrected chi connectivity index (χ4v) is 3.55. The average molecular weight is 341 g/mol. The molecule has 0 saturated carbocycles. The largest absolute Gasteiger partial charge is 0.481 e. The van der Waals surface area contributed by atoms with Crippen LogP contribution in [0.3, 0.4) is 0 Å². The summed E-state index contributed by atoms with van der Waals surface area (Å²) in [6.07, 6.45) is 17.3. The molecule has 1 N–H and O–H groups in total. The second-order valence-corrected chi connectivity index (χ2v) is 7.25. The van der Waals surface area contributed by atoms with Crippen LogP contribution < -0.4 is 0 Å². The molecular formula is C23H32O2. The van der Waals surface area contributed by atoms with Gasteiger partial charge >= 0.3 is 5.97 Å². The molecule has 2 heteroatoms. The second-order valence-electron chi connectivity index (χ2n) is 7.25. The van der Waals surface area contributed by atoms with Crippen molar-refractivity contribution in [1.82, 2.24) is 0 Å². The minimum Gasteiger partial charge on any atom is -0.481 e. The molecule has 0 aromatic heterocycles. The Morgan fingerprint density at radius 1 is 1.00 bits per heavy atom. The Labute approximate surface area is 152 Å². The van der Waals surface area contributed by atoms with E-state index in [1.54, 1.807) is 0 Å². The van der Waals surface area contributed by atoms with Crippen LogP contribution in [0.5, 0.6) is 0 Å². The lowest BCUT2D eigenvalue weighted by molar-refractivity contribution is -0.146. The van der Waals surface area contributed by atoms with E-state index in [0.717, 1.165) is 30.4 Å². The zero-order chi connectivity index (χ0) is 18.0. The topological polar surface area (TPSA) is 37.3 Å². The number of carboxylic acid groups (broad SMARTS) is 1. The molecule has 1 unspecified atom stereocenters. The first-order valence-electron chi connectivity index (χ1n) is 9.86. The molecule has 0 spiro atoms. The predicted octanol–water partition coefficient (Wildman–Crippen LogP) is 6.63. The van der Waals surface area contributed by atoms with Gasteiger partial charge in [0.25, 0.3) is 0 Å². The van der Waals surface area contributed by atoms with Gasteiger partial charge in [-0.1, -0.05) is 107 Å². The van der Waals surface area contributed by atoms with Crippen LogP contribution in [0.25, 0.3) is 5.57 Å². The zero-order valence-electron chi connectivity index (χ0n) is 15.5. The number of aliphatic carboxylic acids is 1. The molecular weight excluding hydrogens is 308 g/mol. The predicted molar refractivity (Wildman–Crippen MR) is 105 cm³/mol. The van der Waals surface area contributed by atoms with E-state index in [1.807, 2.05) is 30.4 Å².